The van der Waals surface area contributed by atoms with E-state index >= 15 is 0 Å². The summed E-state index contributed by atoms with van der Waals surface area (Å²) in [5.41, 5.74) is 2.22. The Hall–Kier alpha value is -4.32. The molecule has 6 nitrogen and oxygen atoms in total. The van der Waals surface area contributed by atoms with E-state index in [0.29, 0.717) is 34.0 Å². The highest BCUT2D eigenvalue weighted by atomic mass is 16.5. The lowest BCUT2D eigenvalue weighted by Gasteiger charge is -2.14. The lowest BCUT2D eigenvalue weighted by molar-refractivity contribution is 0.101. The Morgan fingerprint density at radius 3 is 1.38 bits per heavy atom. The molecule has 4 aromatic rings. The topological polar surface area (TPSA) is 76.7 Å². The largest absolute Gasteiger partial charge is 0.497 e. The number of nitrogens with one attached hydrogen (secondary N) is 2. The van der Waals surface area contributed by atoms with Crippen LogP contribution in [0.1, 0.15) is 20.7 Å². The average molecular weight is 426 g/mol. The van der Waals surface area contributed by atoms with Crippen LogP contribution >= 0.6 is 0 Å². The van der Waals surface area contributed by atoms with E-state index < -0.39 is 0 Å². The monoisotopic (exact) mass is 426 g/mol. The van der Waals surface area contributed by atoms with Gasteiger partial charge in [-0.05, 0) is 66.0 Å². The van der Waals surface area contributed by atoms with E-state index in [4.69, 9.17) is 9.47 Å². The molecule has 2 amide bonds. The van der Waals surface area contributed by atoms with E-state index in [9.17, 15) is 9.59 Å². The predicted octanol–water partition coefficient (Wildman–Crippen LogP) is 5.36. The van der Waals surface area contributed by atoms with Crippen LogP contribution in [0.2, 0.25) is 0 Å². The lowest BCUT2D eigenvalue weighted by Crippen LogP contribution is -2.14. The van der Waals surface area contributed by atoms with E-state index in [2.05, 4.69) is 10.6 Å². The van der Waals surface area contributed by atoms with Crippen molar-refractivity contribution in [2.24, 2.45) is 0 Å². The predicted molar refractivity (Wildman–Crippen MR) is 126 cm³/mol. The zero-order valence-electron chi connectivity index (χ0n) is 17.7. The van der Waals surface area contributed by atoms with E-state index in [1.165, 1.54) is 0 Å². The van der Waals surface area contributed by atoms with Crippen LogP contribution in [0.3, 0.4) is 0 Å². The summed E-state index contributed by atoms with van der Waals surface area (Å²) < 4.78 is 10.3. The third kappa shape index (κ3) is 4.39. The number of benzene rings is 4. The van der Waals surface area contributed by atoms with Crippen LogP contribution in [0.25, 0.3) is 10.8 Å². The molecular formula is C26H22N2O4. The second kappa shape index (κ2) is 9.22. The van der Waals surface area contributed by atoms with Gasteiger partial charge in [0.25, 0.3) is 11.8 Å². The molecule has 0 aromatic heterocycles. The SMILES string of the molecule is COc1ccc(C(=O)Nc2cccc3cccc(NC(=O)c4ccc(OC)cc4)c23)cc1. The summed E-state index contributed by atoms with van der Waals surface area (Å²) in [6, 6.07) is 25.0. The quantitative estimate of drug-likeness (QED) is 0.435. The zero-order valence-corrected chi connectivity index (χ0v) is 17.7. The molecule has 0 heterocycles. The third-order valence-corrected chi connectivity index (χ3v) is 5.11. The first-order chi connectivity index (χ1) is 15.6. The van der Waals surface area contributed by atoms with Crippen molar-refractivity contribution >= 4 is 34.0 Å². The Bertz CT molecular complexity index is 1170. The van der Waals surface area contributed by atoms with Gasteiger partial charge in [0.1, 0.15) is 11.5 Å². The number of hydrogen-bond donors (Lipinski definition) is 2. The molecule has 0 saturated carbocycles. The number of anilines is 2. The van der Waals surface area contributed by atoms with Crippen LogP contribution < -0.4 is 20.1 Å². The molecule has 0 fully saturated rings. The minimum absolute atomic E-state index is 0.253. The normalized spacial score (nSPS) is 10.4. The minimum atomic E-state index is -0.253. The molecule has 2 N–H and O–H groups in total. The number of methoxy groups -OCH3 is 2. The Balaban J connectivity index is 1.64. The standard InChI is InChI=1S/C26H22N2O4/c1-31-20-13-9-18(10-14-20)25(29)27-22-7-3-5-17-6-4-8-23(24(17)22)28-26(30)19-11-15-21(32-2)16-12-19/h3-16H,1-2H3,(H,27,29)(H,28,30). The second-order valence-electron chi connectivity index (χ2n) is 7.07. The smallest absolute Gasteiger partial charge is 0.255 e. The average Bonchev–Trinajstić information content (AvgIpc) is 2.84. The Morgan fingerprint density at radius 1 is 0.594 bits per heavy atom. The highest BCUT2D eigenvalue weighted by molar-refractivity contribution is 6.15. The van der Waals surface area contributed by atoms with Gasteiger partial charge < -0.3 is 20.1 Å². The van der Waals surface area contributed by atoms with E-state index in [1.54, 1.807) is 62.8 Å². The maximum absolute atomic E-state index is 12.8. The molecule has 160 valence electrons. The third-order valence-electron chi connectivity index (χ3n) is 5.11. The maximum Gasteiger partial charge on any atom is 0.255 e. The van der Waals surface area contributed by atoms with Crippen molar-refractivity contribution in [2.75, 3.05) is 24.9 Å². The molecule has 32 heavy (non-hydrogen) atoms. The number of carbonyl (C=O) groups is 2. The van der Waals surface area contributed by atoms with E-state index in [1.807, 2.05) is 36.4 Å². The number of amides is 2. The zero-order chi connectivity index (χ0) is 22.5. The minimum Gasteiger partial charge on any atom is -0.497 e. The number of ether oxygens (including phenoxy) is 2. The number of rotatable bonds is 6. The first-order valence-corrected chi connectivity index (χ1v) is 10.0. The molecule has 0 spiro atoms. The highest BCUT2D eigenvalue weighted by Crippen LogP contribution is 2.31. The van der Waals surface area contributed by atoms with Gasteiger partial charge in [0.15, 0.2) is 0 Å². The van der Waals surface area contributed by atoms with Gasteiger partial charge in [-0.25, -0.2) is 0 Å². The van der Waals surface area contributed by atoms with Gasteiger partial charge in [0.2, 0.25) is 0 Å². The van der Waals surface area contributed by atoms with Gasteiger partial charge in [0.05, 0.1) is 25.6 Å². The molecule has 0 aliphatic carbocycles. The van der Waals surface area contributed by atoms with Gasteiger partial charge >= 0.3 is 0 Å². The van der Waals surface area contributed by atoms with Crippen molar-refractivity contribution in [3.8, 4) is 11.5 Å². The van der Waals surface area contributed by atoms with Crippen LogP contribution in [0.4, 0.5) is 11.4 Å². The van der Waals surface area contributed by atoms with E-state index in [-0.39, 0.29) is 11.8 Å². The summed E-state index contributed by atoms with van der Waals surface area (Å²) in [7, 11) is 3.15. The number of hydrogen-bond acceptors (Lipinski definition) is 4. The highest BCUT2D eigenvalue weighted by Gasteiger charge is 2.14. The van der Waals surface area contributed by atoms with Crippen molar-refractivity contribution in [1.29, 1.82) is 0 Å². The first-order valence-electron chi connectivity index (χ1n) is 10.0. The first kappa shape index (κ1) is 20.9. The van der Waals surface area contributed by atoms with Crippen molar-refractivity contribution in [3.63, 3.8) is 0 Å². The molecule has 4 aromatic carbocycles. The van der Waals surface area contributed by atoms with Crippen molar-refractivity contribution in [3.05, 3.63) is 96.1 Å². The van der Waals surface area contributed by atoms with Crippen LogP contribution in [0.15, 0.2) is 84.9 Å². The fourth-order valence-corrected chi connectivity index (χ4v) is 3.42. The number of fused-ring (bicyclic) bond motifs is 1. The Morgan fingerprint density at radius 2 is 1.00 bits per heavy atom. The summed E-state index contributed by atoms with van der Waals surface area (Å²) in [5.74, 6) is 0.846. The Kier molecular flexibility index (Phi) is 6.03. The molecule has 4 rings (SSSR count). The van der Waals surface area contributed by atoms with Crippen molar-refractivity contribution in [2.45, 2.75) is 0 Å². The molecule has 0 aliphatic heterocycles. The van der Waals surface area contributed by atoms with Crippen molar-refractivity contribution in [1.82, 2.24) is 0 Å². The number of carbonyl (C=O) groups excluding carboxylic acids is 2. The summed E-state index contributed by atoms with van der Waals surface area (Å²) in [6.45, 7) is 0. The van der Waals surface area contributed by atoms with Crippen LogP contribution in [-0.2, 0) is 0 Å². The molecule has 6 heteroatoms. The summed E-state index contributed by atoms with van der Waals surface area (Å²) in [4.78, 5) is 25.6. The molecule has 0 unspecified atom stereocenters. The van der Waals surface area contributed by atoms with Crippen molar-refractivity contribution < 1.29 is 19.1 Å². The van der Waals surface area contributed by atoms with Crippen LogP contribution in [0, 0.1) is 0 Å². The van der Waals surface area contributed by atoms with E-state index in [0.717, 1.165) is 10.8 Å². The molecule has 0 radical (unpaired) electrons. The fraction of sp³-hybridized carbons (Fsp3) is 0.0769. The molecule has 0 aliphatic rings. The lowest BCUT2D eigenvalue weighted by atomic mass is 10.1. The van der Waals surface area contributed by atoms with Gasteiger partial charge in [-0.15, -0.1) is 0 Å². The maximum atomic E-state index is 12.8. The molecular weight excluding hydrogens is 404 g/mol. The van der Waals surface area contributed by atoms with Gasteiger partial charge in [-0.1, -0.05) is 24.3 Å². The molecule has 0 atom stereocenters. The van der Waals surface area contributed by atoms with Gasteiger partial charge in [0, 0.05) is 16.5 Å². The van der Waals surface area contributed by atoms with Gasteiger partial charge in [-0.3, -0.25) is 9.59 Å². The van der Waals surface area contributed by atoms with Crippen LogP contribution in [0.5, 0.6) is 11.5 Å². The summed E-state index contributed by atoms with van der Waals surface area (Å²) in [5, 5.41) is 7.56. The van der Waals surface area contributed by atoms with Gasteiger partial charge in [-0.2, -0.15) is 0 Å². The second-order valence-corrected chi connectivity index (χ2v) is 7.07. The van der Waals surface area contributed by atoms with Crippen LogP contribution in [-0.4, -0.2) is 26.0 Å². The molecule has 0 bridgehead atoms. The summed E-state index contributed by atoms with van der Waals surface area (Å²) in [6.07, 6.45) is 0. The Labute approximate surface area is 185 Å². The summed E-state index contributed by atoms with van der Waals surface area (Å²) >= 11 is 0. The molecule has 0 saturated heterocycles. The fourth-order valence-electron chi connectivity index (χ4n) is 3.42.